The van der Waals surface area contributed by atoms with Crippen molar-refractivity contribution in [3.8, 4) is 16.9 Å². The minimum Gasteiger partial charge on any atom is -0.492 e. The molecule has 0 unspecified atom stereocenters. The summed E-state index contributed by atoms with van der Waals surface area (Å²) in [5.41, 5.74) is 3.78. The van der Waals surface area contributed by atoms with Gasteiger partial charge in [0.25, 0.3) is 0 Å². The molecular formula is C19H20ClNO2. The summed E-state index contributed by atoms with van der Waals surface area (Å²) in [5, 5.41) is 3.49. The molecule has 2 aromatic carbocycles. The van der Waals surface area contributed by atoms with E-state index in [1.165, 1.54) is 0 Å². The fourth-order valence-corrected chi connectivity index (χ4v) is 2.86. The second-order valence-corrected chi connectivity index (χ2v) is 7.47. The van der Waals surface area contributed by atoms with Crippen LogP contribution in [0.5, 0.6) is 5.75 Å². The van der Waals surface area contributed by atoms with E-state index in [1.807, 2.05) is 36.4 Å². The highest BCUT2D eigenvalue weighted by Crippen LogP contribution is 2.39. The standard InChI is InChI=1S/C19H20ClNO2/c1-19(2,3)11-23-16-6-4-5-14(20)18(16)12-7-8-15-13(9-12)10-17(22)21-15/h4-9H,10-11H2,1-3H3,(H,21,22). The van der Waals surface area contributed by atoms with Gasteiger partial charge in [-0.1, -0.05) is 44.5 Å². The SMILES string of the molecule is CC(C)(C)COc1cccc(Cl)c1-c1ccc2c(c1)CC(=O)N2. The van der Waals surface area contributed by atoms with E-state index in [-0.39, 0.29) is 11.3 Å². The van der Waals surface area contributed by atoms with Gasteiger partial charge >= 0.3 is 0 Å². The Morgan fingerprint density at radius 1 is 1.22 bits per heavy atom. The molecule has 0 bridgehead atoms. The Kier molecular flexibility index (Phi) is 4.07. The van der Waals surface area contributed by atoms with Gasteiger partial charge in [-0.2, -0.15) is 0 Å². The first-order chi connectivity index (χ1) is 10.8. The average molecular weight is 330 g/mol. The molecule has 0 atom stereocenters. The highest BCUT2D eigenvalue weighted by atomic mass is 35.5. The van der Waals surface area contributed by atoms with E-state index in [0.29, 0.717) is 18.1 Å². The number of carbonyl (C=O) groups is 1. The number of hydrogen-bond acceptors (Lipinski definition) is 2. The van der Waals surface area contributed by atoms with Crippen molar-refractivity contribution in [2.75, 3.05) is 11.9 Å². The second kappa shape index (κ2) is 5.89. The van der Waals surface area contributed by atoms with Crippen molar-refractivity contribution in [2.45, 2.75) is 27.2 Å². The van der Waals surface area contributed by atoms with Crippen molar-refractivity contribution in [3.63, 3.8) is 0 Å². The maximum Gasteiger partial charge on any atom is 0.228 e. The van der Waals surface area contributed by atoms with Gasteiger partial charge in [0.05, 0.1) is 18.1 Å². The number of amides is 1. The van der Waals surface area contributed by atoms with E-state index in [2.05, 4.69) is 26.1 Å². The molecular weight excluding hydrogens is 310 g/mol. The van der Waals surface area contributed by atoms with E-state index in [4.69, 9.17) is 16.3 Å². The Morgan fingerprint density at radius 2 is 2.00 bits per heavy atom. The molecule has 0 fully saturated rings. The fraction of sp³-hybridized carbons (Fsp3) is 0.316. The van der Waals surface area contributed by atoms with Gasteiger partial charge in [0.15, 0.2) is 0 Å². The van der Waals surface area contributed by atoms with Crippen LogP contribution in [0.4, 0.5) is 5.69 Å². The molecule has 0 saturated heterocycles. The molecule has 0 spiro atoms. The lowest BCUT2D eigenvalue weighted by atomic mass is 9.98. The molecule has 120 valence electrons. The maximum atomic E-state index is 11.5. The third-order valence-corrected chi connectivity index (χ3v) is 3.97. The molecule has 1 N–H and O–H groups in total. The molecule has 3 rings (SSSR count). The molecule has 3 nitrogen and oxygen atoms in total. The summed E-state index contributed by atoms with van der Waals surface area (Å²) in [5.74, 6) is 0.796. The maximum absolute atomic E-state index is 11.5. The van der Waals surface area contributed by atoms with Crippen LogP contribution in [-0.4, -0.2) is 12.5 Å². The van der Waals surface area contributed by atoms with Gasteiger partial charge in [-0.05, 0) is 40.8 Å². The molecule has 2 aromatic rings. The number of rotatable bonds is 3. The third kappa shape index (κ3) is 3.50. The fourth-order valence-electron chi connectivity index (χ4n) is 2.58. The van der Waals surface area contributed by atoms with E-state index in [9.17, 15) is 4.79 Å². The van der Waals surface area contributed by atoms with Gasteiger partial charge in [-0.3, -0.25) is 4.79 Å². The summed E-state index contributed by atoms with van der Waals surface area (Å²) in [6, 6.07) is 11.6. The van der Waals surface area contributed by atoms with Crippen molar-refractivity contribution in [3.05, 3.63) is 47.0 Å². The number of ether oxygens (including phenoxy) is 1. The molecule has 1 amide bonds. The number of halogens is 1. The lowest BCUT2D eigenvalue weighted by Crippen LogP contribution is -2.17. The highest BCUT2D eigenvalue weighted by Gasteiger charge is 2.20. The van der Waals surface area contributed by atoms with Crippen LogP contribution in [-0.2, 0) is 11.2 Å². The smallest absolute Gasteiger partial charge is 0.228 e. The van der Waals surface area contributed by atoms with Crippen molar-refractivity contribution >= 4 is 23.2 Å². The lowest BCUT2D eigenvalue weighted by molar-refractivity contribution is -0.115. The minimum absolute atomic E-state index is 0.0283. The zero-order chi connectivity index (χ0) is 16.6. The Balaban J connectivity index is 1.99. The zero-order valence-corrected chi connectivity index (χ0v) is 14.3. The van der Waals surface area contributed by atoms with E-state index in [1.54, 1.807) is 0 Å². The molecule has 0 radical (unpaired) electrons. The van der Waals surface area contributed by atoms with Gasteiger partial charge in [-0.15, -0.1) is 0 Å². The first kappa shape index (κ1) is 15.9. The van der Waals surface area contributed by atoms with Crippen molar-refractivity contribution in [1.82, 2.24) is 0 Å². The lowest BCUT2D eigenvalue weighted by Gasteiger charge is -2.21. The Hall–Kier alpha value is -2.00. The van der Waals surface area contributed by atoms with Crippen LogP contribution in [0.15, 0.2) is 36.4 Å². The number of hydrogen-bond donors (Lipinski definition) is 1. The Bertz CT molecular complexity index is 762. The summed E-state index contributed by atoms with van der Waals surface area (Å²) >= 11 is 6.43. The highest BCUT2D eigenvalue weighted by molar-refractivity contribution is 6.33. The number of anilines is 1. The first-order valence-corrected chi connectivity index (χ1v) is 8.06. The molecule has 1 heterocycles. The topological polar surface area (TPSA) is 38.3 Å². The van der Waals surface area contributed by atoms with Crippen molar-refractivity contribution in [2.24, 2.45) is 5.41 Å². The van der Waals surface area contributed by atoms with Crippen LogP contribution in [0, 0.1) is 5.41 Å². The molecule has 23 heavy (non-hydrogen) atoms. The zero-order valence-electron chi connectivity index (χ0n) is 13.6. The van der Waals surface area contributed by atoms with Crippen molar-refractivity contribution < 1.29 is 9.53 Å². The molecule has 4 heteroatoms. The third-order valence-electron chi connectivity index (χ3n) is 3.66. The molecule has 0 aromatic heterocycles. The largest absolute Gasteiger partial charge is 0.492 e. The van der Waals surface area contributed by atoms with Crippen molar-refractivity contribution in [1.29, 1.82) is 0 Å². The van der Waals surface area contributed by atoms with Crippen LogP contribution in [0.25, 0.3) is 11.1 Å². The number of nitrogens with one attached hydrogen (secondary N) is 1. The average Bonchev–Trinajstić information content (AvgIpc) is 2.83. The molecule has 0 aliphatic carbocycles. The quantitative estimate of drug-likeness (QED) is 0.867. The van der Waals surface area contributed by atoms with Crippen LogP contribution in [0.2, 0.25) is 5.02 Å². The van der Waals surface area contributed by atoms with Gasteiger partial charge in [0.1, 0.15) is 5.75 Å². The summed E-state index contributed by atoms with van der Waals surface area (Å²) < 4.78 is 6.01. The summed E-state index contributed by atoms with van der Waals surface area (Å²) in [6.07, 6.45) is 0.409. The number of fused-ring (bicyclic) bond motifs is 1. The monoisotopic (exact) mass is 329 g/mol. The normalized spacial score (nSPS) is 13.7. The predicted octanol–water partition coefficient (Wildman–Crippen LogP) is 4.93. The van der Waals surface area contributed by atoms with E-state index in [0.717, 1.165) is 28.1 Å². The molecule has 1 aliphatic rings. The predicted molar refractivity (Wildman–Crippen MR) is 94.2 cm³/mol. The number of carbonyl (C=O) groups excluding carboxylic acids is 1. The van der Waals surface area contributed by atoms with Crippen LogP contribution < -0.4 is 10.1 Å². The molecule has 1 aliphatic heterocycles. The minimum atomic E-state index is 0.0283. The number of benzene rings is 2. The first-order valence-electron chi connectivity index (χ1n) is 7.68. The molecule has 0 saturated carbocycles. The Morgan fingerprint density at radius 3 is 2.74 bits per heavy atom. The Labute approximate surface area is 141 Å². The van der Waals surface area contributed by atoms with Crippen LogP contribution in [0.3, 0.4) is 0 Å². The van der Waals surface area contributed by atoms with E-state index < -0.39 is 0 Å². The summed E-state index contributed by atoms with van der Waals surface area (Å²) in [4.78, 5) is 11.5. The summed E-state index contributed by atoms with van der Waals surface area (Å²) in [7, 11) is 0. The van der Waals surface area contributed by atoms with Gasteiger partial charge in [-0.25, -0.2) is 0 Å². The van der Waals surface area contributed by atoms with Crippen LogP contribution in [0.1, 0.15) is 26.3 Å². The second-order valence-electron chi connectivity index (χ2n) is 7.06. The van der Waals surface area contributed by atoms with Gasteiger partial charge < -0.3 is 10.1 Å². The van der Waals surface area contributed by atoms with Gasteiger partial charge in [0, 0.05) is 11.3 Å². The summed E-state index contributed by atoms with van der Waals surface area (Å²) in [6.45, 7) is 6.99. The van der Waals surface area contributed by atoms with Crippen LogP contribution >= 0.6 is 11.6 Å². The van der Waals surface area contributed by atoms with E-state index >= 15 is 0 Å². The van der Waals surface area contributed by atoms with Gasteiger partial charge in [0.2, 0.25) is 5.91 Å².